The average Bonchev–Trinajstić information content (AvgIpc) is 3.07. The standard InChI is InChI=1S/C38H45N5O2/c1-41(2)25-11-6-12-26-42(3)38-40-35-16-10-9-15-34(35)36(27-37(44)39-28-29-17-23-33(45-4)24-18-29)43(38)32-21-19-31(20-22-32)30-13-7-5-8-14-30/h5,7-10,13-24,36H,6,11-12,25-28H2,1-4H3,(H,39,44). The molecule has 1 amide bonds. The quantitative estimate of drug-likeness (QED) is 0.163. The first-order chi connectivity index (χ1) is 21.9. The van der Waals surface area contributed by atoms with Crippen molar-refractivity contribution in [3.8, 4) is 16.9 Å². The molecule has 0 aromatic heterocycles. The molecule has 7 heteroatoms. The van der Waals surface area contributed by atoms with E-state index >= 15 is 0 Å². The molecule has 45 heavy (non-hydrogen) atoms. The van der Waals surface area contributed by atoms with E-state index in [1.165, 1.54) is 5.56 Å². The number of carbonyl (C=O) groups excluding carboxylic acids is 1. The Labute approximate surface area is 268 Å². The maximum Gasteiger partial charge on any atom is 0.222 e. The average molecular weight is 604 g/mol. The van der Waals surface area contributed by atoms with Crippen LogP contribution in [0.25, 0.3) is 11.1 Å². The number of carbonyl (C=O) groups is 1. The van der Waals surface area contributed by atoms with Crippen LogP contribution in [-0.2, 0) is 11.3 Å². The van der Waals surface area contributed by atoms with Gasteiger partial charge in [0.1, 0.15) is 5.75 Å². The molecule has 4 aromatic rings. The third-order valence-electron chi connectivity index (χ3n) is 8.26. The molecular weight excluding hydrogens is 558 g/mol. The predicted molar refractivity (Wildman–Crippen MR) is 185 cm³/mol. The summed E-state index contributed by atoms with van der Waals surface area (Å²) in [4.78, 5) is 25.5. The molecule has 0 radical (unpaired) electrons. The second-order valence-corrected chi connectivity index (χ2v) is 11.9. The maximum absolute atomic E-state index is 13.6. The second-order valence-electron chi connectivity index (χ2n) is 11.9. The number of para-hydroxylation sites is 1. The van der Waals surface area contributed by atoms with Crippen molar-refractivity contribution < 1.29 is 9.53 Å². The number of benzene rings is 4. The Kier molecular flexibility index (Phi) is 10.9. The summed E-state index contributed by atoms with van der Waals surface area (Å²) in [6.07, 6.45) is 3.68. The van der Waals surface area contributed by atoms with Crippen LogP contribution in [0.1, 0.15) is 42.9 Å². The minimum atomic E-state index is -0.219. The number of rotatable bonds is 13. The van der Waals surface area contributed by atoms with Gasteiger partial charge in [0, 0.05) is 31.4 Å². The Morgan fingerprint density at radius 1 is 0.800 bits per heavy atom. The molecule has 5 rings (SSSR count). The molecule has 234 valence electrons. The highest BCUT2D eigenvalue weighted by molar-refractivity contribution is 6.01. The minimum Gasteiger partial charge on any atom is -0.497 e. The van der Waals surface area contributed by atoms with Gasteiger partial charge in [-0.15, -0.1) is 0 Å². The van der Waals surface area contributed by atoms with Gasteiger partial charge in [0.25, 0.3) is 0 Å². The minimum absolute atomic E-state index is 0.0101. The first-order valence-electron chi connectivity index (χ1n) is 15.8. The van der Waals surface area contributed by atoms with Crippen LogP contribution >= 0.6 is 0 Å². The van der Waals surface area contributed by atoms with Crippen molar-refractivity contribution in [2.45, 2.75) is 38.3 Å². The second kappa shape index (κ2) is 15.4. The van der Waals surface area contributed by atoms with Crippen LogP contribution < -0.4 is 15.0 Å². The summed E-state index contributed by atoms with van der Waals surface area (Å²) >= 11 is 0. The van der Waals surface area contributed by atoms with Crippen molar-refractivity contribution in [1.82, 2.24) is 15.1 Å². The Morgan fingerprint density at radius 2 is 1.47 bits per heavy atom. The van der Waals surface area contributed by atoms with Gasteiger partial charge in [-0.3, -0.25) is 4.79 Å². The number of nitrogens with one attached hydrogen (secondary N) is 1. The molecule has 0 saturated carbocycles. The Hall–Kier alpha value is -4.62. The number of guanidine groups is 1. The van der Waals surface area contributed by atoms with Crippen molar-refractivity contribution in [3.05, 3.63) is 114 Å². The molecule has 0 bridgehead atoms. The molecule has 1 unspecified atom stereocenters. The lowest BCUT2D eigenvalue weighted by molar-refractivity contribution is -0.121. The number of fused-ring (bicyclic) bond motifs is 1. The maximum atomic E-state index is 13.6. The first kappa shape index (κ1) is 31.8. The Balaban J connectivity index is 1.42. The summed E-state index contributed by atoms with van der Waals surface area (Å²) in [5, 5.41) is 3.15. The zero-order valence-corrected chi connectivity index (χ0v) is 26.9. The fourth-order valence-electron chi connectivity index (χ4n) is 5.77. The zero-order chi connectivity index (χ0) is 31.6. The van der Waals surface area contributed by atoms with Gasteiger partial charge in [-0.1, -0.05) is 79.2 Å². The van der Waals surface area contributed by atoms with E-state index in [9.17, 15) is 4.79 Å². The molecule has 0 spiro atoms. The number of amides is 1. The van der Waals surface area contributed by atoms with Crippen molar-refractivity contribution >= 4 is 23.2 Å². The molecule has 1 aliphatic heterocycles. The highest BCUT2D eigenvalue weighted by atomic mass is 16.5. The zero-order valence-electron chi connectivity index (χ0n) is 26.9. The normalized spacial score (nSPS) is 14.1. The van der Waals surface area contributed by atoms with Crippen molar-refractivity contribution in [2.24, 2.45) is 4.99 Å². The van der Waals surface area contributed by atoms with E-state index in [4.69, 9.17) is 9.73 Å². The molecule has 4 aromatic carbocycles. The fraction of sp³-hybridized carbons (Fsp3) is 0.316. The van der Waals surface area contributed by atoms with E-state index in [0.29, 0.717) is 13.0 Å². The number of hydrogen-bond acceptors (Lipinski definition) is 6. The Bertz CT molecular complexity index is 1550. The highest BCUT2D eigenvalue weighted by Crippen LogP contribution is 2.40. The molecule has 0 saturated heterocycles. The number of ether oxygens (including phenoxy) is 1. The Morgan fingerprint density at radius 3 is 2.18 bits per heavy atom. The van der Waals surface area contributed by atoms with E-state index in [1.54, 1.807) is 7.11 Å². The largest absolute Gasteiger partial charge is 0.497 e. The summed E-state index contributed by atoms with van der Waals surface area (Å²) < 4.78 is 5.28. The lowest BCUT2D eigenvalue weighted by Gasteiger charge is -2.41. The molecular formula is C38H45N5O2. The molecule has 1 N–H and O–H groups in total. The van der Waals surface area contributed by atoms with Gasteiger partial charge in [-0.2, -0.15) is 0 Å². The van der Waals surface area contributed by atoms with Crippen LogP contribution in [-0.4, -0.2) is 63.0 Å². The van der Waals surface area contributed by atoms with Gasteiger partial charge in [0.05, 0.1) is 25.3 Å². The van der Waals surface area contributed by atoms with E-state index in [-0.39, 0.29) is 11.9 Å². The van der Waals surface area contributed by atoms with Crippen LogP contribution in [0.15, 0.2) is 108 Å². The van der Waals surface area contributed by atoms with Crippen LogP contribution in [0.3, 0.4) is 0 Å². The lowest BCUT2D eigenvalue weighted by Crippen LogP contribution is -2.47. The van der Waals surface area contributed by atoms with E-state index in [2.05, 4.69) is 102 Å². The summed E-state index contributed by atoms with van der Waals surface area (Å²) in [6.45, 7) is 2.42. The SMILES string of the molecule is COc1ccc(CNC(=O)CC2c3ccccc3N=C(N(C)CCCCCN(C)C)N2c2ccc(-c3ccccc3)cc2)cc1. The molecule has 0 aliphatic carbocycles. The number of anilines is 1. The molecule has 0 fully saturated rings. The molecule has 7 nitrogen and oxygen atoms in total. The monoisotopic (exact) mass is 603 g/mol. The van der Waals surface area contributed by atoms with Gasteiger partial charge in [0.2, 0.25) is 11.9 Å². The summed E-state index contributed by atoms with van der Waals surface area (Å²) in [6, 6.07) is 34.8. The number of hydrogen-bond donors (Lipinski definition) is 1. The van der Waals surface area contributed by atoms with E-state index in [1.807, 2.05) is 42.5 Å². The van der Waals surface area contributed by atoms with Gasteiger partial charge in [-0.25, -0.2) is 4.99 Å². The molecule has 1 heterocycles. The van der Waals surface area contributed by atoms with Gasteiger partial charge in [-0.05, 0) is 80.5 Å². The molecule has 1 aliphatic rings. The van der Waals surface area contributed by atoms with Crippen molar-refractivity contribution in [3.63, 3.8) is 0 Å². The van der Waals surface area contributed by atoms with Crippen LogP contribution in [0, 0.1) is 0 Å². The number of unbranched alkanes of at least 4 members (excludes halogenated alkanes) is 2. The van der Waals surface area contributed by atoms with Gasteiger partial charge in [0.15, 0.2) is 0 Å². The van der Waals surface area contributed by atoms with Gasteiger partial charge >= 0.3 is 0 Å². The summed E-state index contributed by atoms with van der Waals surface area (Å²) in [7, 11) is 8.01. The fourth-order valence-corrected chi connectivity index (χ4v) is 5.77. The summed E-state index contributed by atoms with van der Waals surface area (Å²) in [5.41, 5.74) is 6.32. The summed E-state index contributed by atoms with van der Waals surface area (Å²) in [5.74, 6) is 1.65. The van der Waals surface area contributed by atoms with Crippen molar-refractivity contribution in [1.29, 1.82) is 0 Å². The third-order valence-corrected chi connectivity index (χ3v) is 8.26. The lowest BCUT2D eigenvalue weighted by atomic mass is 9.96. The first-order valence-corrected chi connectivity index (χ1v) is 15.8. The van der Waals surface area contributed by atoms with E-state index < -0.39 is 0 Å². The number of nitrogens with zero attached hydrogens (tertiary/aromatic N) is 4. The van der Waals surface area contributed by atoms with Crippen LogP contribution in [0.5, 0.6) is 5.75 Å². The smallest absolute Gasteiger partial charge is 0.222 e. The van der Waals surface area contributed by atoms with Gasteiger partial charge < -0.3 is 24.8 Å². The highest BCUT2D eigenvalue weighted by Gasteiger charge is 2.34. The third kappa shape index (κ3) is 8.31. The predicted octanol–water partition coefficient (Wildman–Crippen LogP) is 7.28. The molecule has 1 atom stereocenters. The number of methoxy groups -OCH3 is 1. The van der Waals surface area contributed by atoms with Crippen LogP contribution in [0.2, 0.25) is 0 Å². The van der Waals surface area contributed by atoms with Crippen molar-refractivity contribution in [2.75, 3.05) is 46.2 Å². The number of aliphatic imine (C=N–C) groups is 1. The topological polar surface area (TPSA) is 60.4 Å². The van der Waals surface area contributed by atoms with E-state index in [0.717, 1.165) is 72.1 Å². The van der Waals surface area contributed by atoms with Crippen LogP contribution in [0.4, 0.5) is 11.4 Å².